The van der Waals surface area contributed by atoms with Crippen LogP contribution in [0.15, 0.2) is 54.6 Å². The van der Waals surface area contributed by atoms with Crippen LogP contribution in [-0.2, 0) is 6.18 Å². The number of benzene rings is 2. The van der Waals surface area contributed by atoms with E-state index in [4.69, 9.17) is 0 Å². The lowest BCUT2D eigenvalue weighted by Crippen LogP contribution is -2.07. The molecule has 0 saturated carbocycles. The third-order valence-corrected chi connectivity index (χ3v) is 2.88. The number of rotatable bonds is 1. The standard InChI is InChI=1S/C18H13F3/c1-14-10-12-15(13-11-14)6-2-3-7-16-8-4-5-9-17(16)18(19,20)21/h2,4-6,8-13H,1H3/b6-2+. The van der Waals surface area contributed by atoms with Gasteiger partial charge in [-0.2, -0.15) is 13.2 Å². The van der Waals surface area contributed by atoms with E-state index >= 15 is 0 Å². The minimum atomic E-state index is -4.38. The van der Waals surface area contributed by atoms with Gasteiger partial charge in [-0.15, -0.1) is 0 Å². The van der Waals surface area contributed by atoms with Crippen molar-refractivity contribution in [3.05, 3.63) is 76.9 Å². The van der Waals surface area contributed by atoms with Crippen LogP contribution in [0.3, 0.4) is 0 Å². The van der Waals surface area contributed by atoms with E-state index < -0.39 is 11.7 Å². The van der Waals surface area contributed by atoms with Gasteiger partial charge in [0, 0.05) is 5.56 Å². The predicted molar refractivity (Wildman–Crippen MR) is 78.5 cm³/mol. The van der Waals surface area contributed by atoms with Crippen LogP contribution in [0.2, 0.25) is 0 Å². The first-order chi connectivity index (χ1) is 9.97. The number of aryl methyl sites for hydroxylation is 1. The molecule has 0 saturated heterocycles. The Hall–Kier alpha value is -2.47. The smallest absolute Gasteiger partial charge is 0.166 e. The summed E-state index contributed by atoms with van der Waals surface area (Å²) in [5, 5.41) is 0. The highest BCUT2D eigenvalue weighted by molar-refractivity contribution is 5.54. The normalized spacial score (nSPS) is 11.2. The molecule has 2 rings (SSSR count). The monoisotopic (exact) mass is 286 g/mol. The molecule has 0 amide bonds. The summed E-state index contributed by atoms with van der Waals surface area (Å²) in [6.45, 7) is 1.99. The first kappa shape index (κ1) is 14.9. The molecule has 0 spiro atoms. The Labute approximate surface area is 121 Å². The van der Waals surface area contributed by atoms with Crippen LogP contribution < -0.4 is 0 Å². The Morgan fingerprint density at radius 3 is 2.29 bits per heavy atom. The summed E-state index contributed by atoms with van der Waals surface area (Å²) in [4.78, 5) is 0. The third-order valence-electron chi connectivity index (χ3n) is 2.88. The highest BCUT2D eigenvalue weighted by atomic mass is 19.4. The van der Waals surface area contributed by atoms with Gasteiger partial charge in [-0.3, -0.25) is 0 Å². The molecule has 106 valence electrons. The quantitative estimate of drug-likeness (QED) is 0.641. The second kappa shape index (κ2) is 6.32. The SMILES string of the molecule is Cc1ccc(/C=C/C#Cc2ccccc2C(F)(F)F)cc1. The fraction of sp³-hybridized carbons (Fsp3) is 0.111. The summed E-state index contributed by atoms with van der Waals surface area (Å²) >= 11 is 0. The van der Waals surface area contributed by atoms with E-state index in [-0.39, 0.29) is 5.56 Å². The highest BCUT2D eigenvalue weighted by Gasteiger charge is 2.32. The van der Waals surface area contributed by atoms with E-state index in [2.05, 4.69) is 11.8 Å². The lowest BCUT2D eigenvalue weighted by atomic mass is 10.1. The predicted octanol–water partition coefficient (Wildman–Crippen LogP) is 5.08. The van der Waals surface area contributed by atoms with Crippen LogP contribution in [0.25, 0.3) is 6.08 Å². The van der Waals surface area contributed by atoms with Gasteiger partial charge in [0.15, 0.2) is 0 Å². The van der Waals surface area contributed by atoms with E-state index in [0.29, 0.717) is 0 Å². The zero-order valence-electron chi connectivity index (χ0n) is 11.4. The molecule has 0 aliphatic carbocycles. The molecule has 0 aliphatic rings. The zero-order chi connectivity index (χ0) is 15.3. The zero-order valence-corrected chi connectivity index (χ0v) is 11.4. The van der Waals surface area contributed by atoms with Gasteiger partial charge in [0.2, 0.25) is 0 Å². The number of hydrogen-bond acceptors (Lipinski definition) is 0. The first-order valence-electron chi connectivity index (χ1n) is 6.38. The number of alkyl halides is 3. The summed E-state index contributed by atoms with van der Waals surface area (Å²) < 4.78 is 38.3. The molecule has 0 atom stereocenters. The minimum absolute atomic E-state index is 0.0152. The Balaban J connectivity index is 2.19. The molecule has 0 nitrogen and oxygen atoms in total. The number of hydrogen-bond donors (Lipinski definition) is 0. The van der Waals surface area contributed by atoms with Gasteiger partial charge in [0.05, 0.1) is 5.56 Å². The van der Waals surface area contributed by atoms with Crippen molar-refractivity contribution in [3.8, 4) is 11.8 Å². The second-order valence-electron chi connectivity index (χ2n) is 4.56. The molecule has 0 bridgehead atoms. The van der Waals surface area contributed by atoms with Crippen LogP contribution in [0, 0.1) is 18.8 Å². The van der Waals surface area contributed by atoms with Crippen molar-refractivity contribution in [3.63, 3.8) is 0 Å². The molecular weight excluding hydrogens is 273 g/mol. The molecule has 0 N–H and O–H groups in total. The molecule has 2 aromatic carbocycles. The molecule has 21 heavy (non-hydrogen) atoms. The minimum Gasteiger partial charge on any atom is -0.166 e. The molecular formula is C18H13F3. The average molecular weight is 286 g/mol. The van der Waals surface area contributed by atoms with E-state index in [1.807, 2.05) is 31.2 Å². The van der Waals surface area contributed by atoms with Gasteiger partial charge in [0.25, 0.3) is 0 Å². The molecule has 3 heteroatoms. The largest absolute Gasteiger partial charge is 0.417 e. The van der Waals surface area contributed by atoms with E-state index in [0.717, 1.165) is 17.2 Å². The van der Waals surface area contributed by atoms with Gasteiger partial charge in [-0.25, -0.2) is 0 Å². The van der Waals surface area contributed by atoms with Crippen molar-refractivity contribution in [2.45, 2.75) is 13.1 Å². The Bertz CT molecular complexity index is 696. The summed E-state index contributed by atoms with van der Waals surface area (Å²) in [5.74, 6) is 5.19. The Kier molecular flexibility index (Phi) is 4.49. The van der Waals surface area contributed by atoms with Crippen LogP contribution >= 0.6 is 0 Å². The molecule has 0 aliphatic heterocycles. The van der Waals surface area contributed by atoms with Crippen LogP contribution in [0.1, 0.15) is 22.3 Å². The molecule has 0 radical (unpaired) electrons. The van der Waals surface area contributed by atoms with Crippen LogP contribution in [-0.4, -0.2) is 0 Å². The Morgan fingerprint density at radius 1 is 0.952 bits per heavy atom. The molecule has 0 fully saturated rings. The maximum Gasteiger partial charge on any atom is 0.417 e. The molecule has 0 aromatic heterocycles. The number of halogens is 3. The van der Waals surface area contributed by atoms with Crippen molar-refractivity contribution in [1.29, 1.82) is 0 Å². The maximum absolute atomic E-state index is 12.8. The topological polar surface area (TPSA) is 0 Å². The highest BCUT2D eigenvalue weighted by Crippen LogP contribution is 2.31. The lowest BCUT2D eigenvalue weighted by Gasteiger charge is -2.07. The first-order valence-corrected chi connectivity index (χ1v) is 6.38. The van der Waals surface area contributed by atoms with Gasteiger partial charge in [-0.1, -0.05) is 53.8 Å². The Morgan fingerprint density at radius 2 is 1.62 bits per heavy atom. The van der Waals surface area contributed by atoms with E-state index in [1.165, 1.54) is 12.1 Å². The summed E-state index contributed by atoms with van der Waals surface area (Å²) in [5.41, 5.74) is 1.39. The third kappa shape index (κ3) is 4.25. The summed E-state index contributed by atoms with van der Waals surface area (Å²) in [7, 11) is 0. The van der Waals surface area contributed by atoms with Crippen molar-refractivity contribution in [2.24, 2.45) is 0 Å². The molecule has 2 aromatic rings. The molecule has 0 unspecified atom stereocenters. The molecule has 0 heterocycles. The van der Waals surface area contributed by atoms with Gasteiger partial charge < -0.3 is 0 Å². The summed E-state index contributed by atoms with van der Waals surface area (Å²) in [6.07, 6.45) is -1.06. The fourth-order valence-electron chi connectivity index (χ4n) is 1.77. The number of allylic oxidation sites excluding steroid dienone is 1. The lowest BCUT2D eigenvalue weighted by molar-refractivity contribution is -0.137. The van der Waals surface area contributed by atoms with Gasteiger partial charge >= 0.3 is 6.18 Å². The van der Waals surface area contributed by atoms with Crippen LogP contribution in [0.5, 0.6) is 0 Å². The van der Waals surface area contributed by atoms with Crippen LogP contribution in [0.4, 0.5) is 13.2 Å². The van der Waals surface area contributed by atoms with E-state index in [1.54, 1.807) is 18.2 Å². The van der Waals surface area contributed by atoms with Crippen molar-refractivity contribution < 1.29 is 13.2 Å². The van der Waals surface area contributed by atoms with Crippen molar-refractivity contribution in [1.82, 2.24) is 0 Å². The van der Waals surface area contributed by atoms with Gasteiger partial charge in [-0.05, 0) is 36.8 Å². The average Bonchev–Trinajstić information content (AvgIpc) is 2.45. The van der Waals surface area contributed by atoms with Gasteiger partial charge in [0.1, 0.15) is 0 Å². The van der Waals surface area contributed by atoms with Crippen molar-refractivity contribution >= 4 is 6.08 Å². The van der Waals surface area contributed by atoms with Crippen molar-refractivity contribution in [2.75, 3.05) is 0 Å². The maximum atomic E-state index is 12.8. The fourth-order valence-corrected chi connectivity index (χ4v) is 1.77. The van der Waals surface area contributed by atoms with E-state index in [9.17, 15) is 13.2 Å². The second-order valence-corrected chi connectivity index (χ2v) is 4.56. The summed E-state index contributed by atoms with van der Waals surface area (Å²) in [6, 6.07) is 13.1.